The molecule has 0 radical (unpaired) electrons. The number of morpholine rings is 1. The van der Waals surface area contributed by atoms with Gasteiger partial charge < -0.3 is 19.6 Å². The number of carboxylic acids is 1. The van der Waals surface area contributed by atoms with Crippen LogP contribution < -0.4 is 4.90 Å². The zero-order valence-electron chi connectivity index (χ0n) is 18.0. The van der Waals surface area contributed by atoms with Gasteiger partial charge >= 0.3 is 12.1 Å². The molecule has 4 heterocycles. The molecule has 0 aliphatic carbocycles. The van der Waals surface area contributed by atoms with Crippen LogP contribution in [-0.4, -0.2) is 81.4 Å². The second kappa shape index (κ2) is 10.1. The van der Waals surface area contributed by atoms with Crippen molar-refractivity contribution in [2.75, 3.05) is 37.7 Å². The number of piperidine rings is 1. The Kier molecular flexibility index (Phi) is 7.46. The lowest BCUT2D eigenvalue weighted by atomic mass is 9.89. The van der Waals surface area contributed by atoms with Crippen LogP contribution in [-0.2, 0) is 9.53 Å². The van der Waals surface area contributed by atoms with Crippen LogP contribution in [0.25, 0.3) is 0 Å². The Labute approximate surface area is 188 Å². The molecule has 2 aromatic rings. The van der Waals surface area contributed by atoms with Gasteiger partial charge in [0.05, 0.1) is 24.3 Å². The zero-order chi connectivity index (χ0) is 24.1. The SMILES string of the molecule is Cc1cnc(N2CCC3(CC2)CN(C(=O)c2cccnc2)CCO3)nc1.O=C(O)C(F)(F)F. The maximum Gasteiger partial charge on any atom is 0.490 e. The number of amides is 1. The molecule has 0 bridgehead atoms. The number of nitrogens with zero attached hydrogens (tertiary/aromatic N) is 5. The summed E-state index contributed by atoms with van der Waals surface area (Å²) in [7, 11) is 0. The third kappa shape index (κ3) is 6.37. The van der Waals surface area contributed by atoms with E-state index in [0.717, 1.165) is 37.4 Å². The Bertz CT molecular complexity index is 949. The van der Waals surface area contributed by atoms with E-state index in [1.165, 1.54) is 0 Å². The smallest absolute Gasteiger partial charge is 0.475 e. The summed E-state index contributed by atoms with van der Waals surface area (Å²) < 4.78 is 37.9. The summed E-state index contributed by atoms with van der Waals surface area (Å²) in [5.41, 5.74) is 1.43. The van der Waals surface area contributed by atoms with Crippen LogP contribution in [0, 0.1) is 6.92 Å². The number of hydrogen-bond acceptors (Lipinski definition) is 7. The number of aromatic nitrogens is 3. The van der Waals surface area contributed by atoms with Crippen LogP contribution in [0.5, 0.6) is 0 Å². The fourth-order valence-electron chi connectivity index (χ4n) is 3.66. The van der Waals surface area contributed by atoms with E-state index in [1.54, 1.807) is 18.5 Å². The molecule has 1 amide bonds. The van der Waals surface area contributed by atoms with Crippen molar-refractivity contribution in [2.45, 2.75) is 31.5 Å². The number of carboxylic acid groups (broad SMARTS) is 1. The summed E-state index contributed by atoms with van der Waals surface area (Å²) in [6.07, 6.45) is 3.64. The fourth-order valence-corrected chi connectivity index (χ4v) is 3.66. The fraction of sp³-hybridized carbons (Fsp3) is 0.476. The van der Waals surface area contributed by atoms with E-state index in [0.29, 0.717) is 25.3 Å². The molecular weight excluding hydrogens is 443 g/mol. The predicted molar refractivity (Wildman–Crippen MR) is 111 cm³/mol. The summed E-state index contributed by atoms with van der Waals surface area (Å²) in [6, 6.07) is 3.61. The van der Waals surface area contributed by atoms with Gasteiger partial charge in [0.25, 0.3) is 5.91 Å². The van der Waals surface area contributed by atoms with E-state index in [4.69, 9.17) is 14.6 Å². The Balaban J connectivity index is 0.000000383. The Hall–Kier alpha value is -3.28. The van der Waals surface area contributed by atoms with Crippen LogP contribution >= 0.6 is 0 Å². The zero-order valence-corrected chi connectivity index (χ0v) is 18.0. The highest BCUT2D eigenvalue weighted by Gasteiger charge is 2.41. The molecular formula is C21H24F3N5O4. The number of ether oxygens (including phenoxy) is 1. The standard InChI is InChI=1S/C19H23N5O2.C2HF3O2/c1-15-11-21-18(22-12-15)23-7-4-19(5-8-23)14-24(9-10-26-19)17(25)16-3-2-6-20-13-16;3-2(4,5)1(6)7/h2-3,6,11-13H,4-5,7-10,14H2,1H3;(H,6,7). The minimum Gasteiger partial charge on any atom is -0.475 e. The minimum atomic E-state index is -5.08. The molecule has 12 heteroatoms. The van der Waals surface area contributed by atoms with Gasteiger partial charge in [-0.15, -0.1) is 0 Å². The molecule has 0 unspecified atom stereocenters. The van der Waals surface area contributed by atoms with Gasteiger partial charge in [-0.3, -0.25) is 9.78 Å². The average molecular weight is 467 g/mol. The number of aliphatic carboxylic acids is 1. The molecule has 33 heavy (non-hydrogen) atoms. The van der Waals surface area contributed by atoms with E-state index in [1.807, 2.05) is 30.3 Å². The molecule has 2 aliphatic rings. The van der Waals surface area contributed by atoms with E-state index >= 15 is 0 Å². The molecule has 2 aliphatic heterocycles. The number of rotatable bonds is 2. The van der Waals surface area contributed by atoms with Crippen LogP contribution in [0.1, 0.15) is 28.8 Å². The van der Waals surface area contributed by atoms with Crippen molar-refractivity contribution in [1.82, 2.24) is 19.9 Å². The van der Waals surface area contributed by atoms with Crippen LogP contribution in [0.2, 0.25) is 0 Å². The maximum atomic E-state index is 12.7. The first-order valence-corrected chi connectivity index (χ1v) is 10.3. The lowest BCUT2D eigenvalue weighted by Gasteiger charge is -2.47. The first-order chi connectivity index (χ1) is 15.6. The molecule has 2 fully saturated rings. The highest BCUT2D eigenvalue weighted by Crippen LogP contribution is 2.31. The third-order valence-corrected chi connectivity index (χ3v) is 5.41. The van der Waals surface area contributed by atoms with Crippen LogP contribution in [0.15, 0.2) is 36.9 Å². The first-order valence-electron chi connectivity index (χ1n) is 10.3. The van der Waals surface area contributed by atoms with Gasteiger partial charge in [0, 0.05) is 44.4 Å². The second-order valence-electron chi connectivity index (χ2n) is 7.85. The van der Waals surface area contributed by atoms with Crippen molar-refractivity contribution in [1.29, 1.82) is 0 Å². The van der Waals surface area contributed by atoms with Crippen molar-refractivity contribution in [2.24, 2.45) is 0 Å². The number of aryl methyl sites for hydroxylation is 1. The number of anilines is 1. The minimum absolute atomic E-state index is 0.0325. The van der Waals surface area contributed by atoms with Crippen molar-refractivity contribution < 1.29 is 32.6 Å². The predicted octanol–water partition coefficient (Wildman–Crippen LogP) is 2.32. The van der Waals surface area contributed by atoms with E-state index in [-0.39, 0.29) is 11.5 Å². The second-order valence-corrected chi connectivity index (χ2v) is 7.85. The Morgan fingerprint density at radius 2 is 1.76 bits per heavy atom. The van der Waals surface area contributed by atoms with Gasteiger partial charge in [-0.2, -0.15) is 13.2 Å². The number of alkyl halides is 3. The molecule has 9 nitrogen and oxygen atoms in total. The summed E-state index contributed by atoms with van der Waals surface area (Å²) in [6.45, 7) is 5.48. The largest absolute Gasteiger partial charge is 0.490 e. The highest BCUT2D eigenvalue weighted by atomic mass is 19.4. The molecule has 1 spiro atoms. The maximum absolute atomic E-state index is 12.7. The van der Waals surface area contributed by atoms with Gasteiger partial charge in [0.1, 0.15) is 0 Å². The van der Waals surface area contributed by atoms with Gasteiger partial charge in [-0.25, -0.2) is 14.8 Å². The quantitative estimate of drug-likeness (QED) is 0.717. The highest BCUT2D eigenvalue weighted by molar-refractivity contribution is 5.94. The molecule has 4 rings (SSSR count). The molecule has 2 saturated heterocycles. The number of hydrogen-bond donors (Lipinski definition) is 1. The van der Waals surface area contributed by atoms with Crippen molar-refractivity contribution in [3.05, 3.63) is 48.0 Å². The topological polar surface area (TPSA) is 109 Å². The molecule has 0 aromatic carbocycles. The Morgan fingerprint density at radius 3 is 2.30 bits per heavy atom. The molecule has 178 valence electrons. The van der Waals surface area contributed by atoms with Crippen LogP contribution in [0.3, 0.4) is 0 Å². The monoisotopic (exact) mass is 467 g/mol. The average Bonchev–Trinajstić information content (AvgIpc) is 2.80. The summed E-state index contributed by atoms with van der Waals surface area (Å²) in [4.78, 5) is 38.6. The Morgan fingerprint density at radius 1 is 1.12 bits per heavy atom. The first kappa shape index (κ1) is 24.4. The molecule has 2 aromatic heterocycles. The van der Waals surface area contributed by atoms with Crippen molar-refractivity contribution >= 4 is 17.8 Å². The van der Waals surface area contributed by atoms with E-state index in [2.05, 4.69) is 19.9 Å². The van der Waals surface area contributed by atoms with Gasteiger partial charge in [0.15, 0.2) is 0 Å². The number of halogens is 3. The van der Waals surface area contributed by atoms with Crippen molar-refractivity contribution in [3.63, 3.8) is 0 Å². The van der Waals surface area contributed by atoms with E-state index in [9.17, 15) is 18.0 Å². The number of pyridine rings is 1. The molecule has 1 N–H and O–H groups in total. The third-order valence-electron chi connectivity index (χ3n) is 5.41. The number of carbonyl (C=O) groups excluding carboxylic acids is 1. The lowest BCUT2D eigenvalue weighted by Crippen LogP contribution is -2.58. The summed E-state index contributed by atoms with van der Waals surface area (Å²) in [5, 5.41) is 7.12. The van der Waals surface area contributed by atoms with E-state index < -0.39 is 12.1 Å². The normalized spacial score (nSPS) is 17.8. The molecule has 0 atom stereocenters. The summed E-state index contributed by atoms with van der Waals surface area (Å²) >= 11 is 0. The van der Waals surface area contributed by atoms with Crippen molar-refractivity contribution in [3.8, 4) is 0 Å². The van der Waals surface area contributed by atoms with Crippen LogP contribution in [0.4, 0.5) is 19.1 Å². The molecule has 0 saturated carbocycles. The lowest BCUT2D eigenvalue weighted by molar-refractivity contribution is -0.192. The van der Waals surface area contributed by atoms with Gasteiger partial charge in [0.2, 0.25) is 5.95 Å². The number of carbonyl (C=O) groups is 2. The van der Waals surface area contributed by atoms with Gasteiger partial charge in [-0.05, 0) is 37.5 Å². The van der Waals surface area contributed by atoms with Gasteiger partial charge in [-0.1, -0.05) is 0 Å². The summed E-state index contributed by atoms with van der Waals surface area (Å²) in [5.74, 6) is -1.96.